The fraction of sp³-hybridized carbons (Fsp3) is 0.579. The number of ether oxygens (including phenoxy) is 2. The Bertz CT molecular complexity index is 772. The van der Waals surface area contributed by atoms with Gasteiger partial charge in [0.1, 0.15) is 17.0 Å². The molecule has 0 spiro atoms. The van der Waals surface area contributed by atoms with E-state index in [1.807, 2.05) is 0 Å². The van der Waals surface area contributed by atoms with Crippen LogP contribution in [0.4, 0.5) is 16.2 Å². The third-order valence-corrected chi connectivity index (χ3v) is 4.35. The standard InChI is InChI=1S/C19H27N3O6/c1-12(20-18(24)28-19(2,3)4)6-9-16(23)21-11-10-13-15(27-5)8-7-14(17(13)21)22(25)26/h7-8,12H,6,9-11H2,1-5H3,(H,20,24)/t12-/m1/s1. The van der Waals surface area contributed by atoms with Crippen molar-refractivity contribution in [2.75, 3.05) is 18.6 Å². The first-order chi connectivity index (χ1) is 13.0. The van der Waals surface area contributed by atoms with Gasteiger partial charge in [0.15, 0.2) is 0 Å². The number of amides is 2. The number of hydrogen-bond donors (Lipinski definition) is 1. The number of alkyl carbamates (subject to hydrolysis) is 1. The Morgan fingerprint density at radius 1 is 1.36 bits per heavy atom. The van der Waals surface area contributed by atoms with E-state index in [2.05, 4.69) is 5.32 Å². The molecule has 154 valence electrons. The van der Waals surface area contributed by atoms with Crippen LogP contribution in [0.3, 0.4) is 0 Å². The van der Waals surface area contributed by atoms with E-state index in [1.54, 1.807) is 33.8 Å². The van der Waals surface area contributed by atoms with Crippen LogP contribution in [0.5, 0.6) is 5.75 Å². The molecule has 0 bridgehead atoms. The van der Waals surface area contributed by atoms with Crippen LogP contribution >= 0.6 is 0 Å². The predicted molar refractivity (Wildman–Crippen MR) is 104 cm³/mol. The van der Waals surface area contributed by atoms with Crippen LogP contribution < -0.4 is 15.0 Å². The minimum atomic E-state index is -0.600. The zero-order chi connectivity index (χ0) is 21.1. The molecule has 0 fully saturated rings. The molecule has 9 nitrogen and oxygen atoms in total. The van der Waals surface area contributed by atoms with Gasteiger partial charge < -0.3 is 19.7 Å². The molecule has 9 heteroatoms. The molecule has 0 aliphatic carbocycles. The van der Waals surface area contributed by atoms with Crippen LogP contribution in [0.25, 0.3) is 0 Å². The van der Waals surface area contributed by atoms with Crippen molar-refractivity contribution in [3.05, 3.63) is 27.8 Å². The Morgan fingerprint density at radius 3 is 2.61 bits per heavy atom. The van der Waals surface area contributed by atoms with Crippen molar-refractivity contribution in [3.8, 4) is 5.75 Å². The molecule has 0 unspecified atom stereocenters. The van der Waals surface area contributed by atoms with Gasteiger partial charge in [-0.05, 0) is 46.6 Å². The number of nitrogens with one attached hydrogen (secondary N) is 1. The molecule has 1 heterocycles. The Morgan fingerprint density at radius 2 is 2.04 bits per heavy atom. The minimum absolute atomic E-state index is 0.110. The number of carbonyl (C=O) groups is 2. The molecule has 1 N–H and O–H groups in total. The molecule has 1 aromatic rings. The molecular weight excluding hydrogens is 366 g/mol. The Hall–Kier alpha value is -2.84. The van der Waals surface area contributed by atoms with Gasteiger partial charge in [-0.3, -0.25) is 14.9 Å². The average Bonchev–Trinajstić information content (AvgIpc) is 3.01. The lowest BCUT2D eigenvalue weighted by atomic mass is 10.1. The molecule has 0 aromatic heterocycles. The van der Waals surface area contributed by atoms with E-state index < -0.39 is 16.6 Å². The lowest BCUT2D eigenvalue weighted by molar-refractivity contribution is -0.384. The second kappa shape index (κ2) is 8.45. The first-order valence-electron chi connectivity index (χ1n) is 9.17. The number of anilines is 1. The molecule has 1 aromatic carbocycles. The van der Waals surface area contributed by atoms with Gasteiger partial charge in [0.2, 0.25) is 5.91 Å². The van der Waals surface area contributed by atoms with Crippen molar-refractivity contribution in [2.24, 2.45) is 0 Å². The lowest BCUT2D eigenvalue weighted by Crippen LogP contribution is -2.38. The fourth-order valence-electron chi connectivity index (χ4n) is 3.13. The second-order valence-corrected chi connectivity index (χ2v) is 7.75. The maximum atomic E-state index is 12.7. The van der Waals surface area contributed by atoms with E-state index in [1.165, 1.54) is 18.1 Å². The maximum absolute atomic E-state index is 12.7. The summed E-state index contributed by atoms with van der Waals surface area (Å²) in [5.41, 5.74) is 0.269. The first kappa shape index (κ1) is 21.5. The molecule has 1 aliphatic rings. The third-order valence-electron chi connectivity index (χ3n) is 4.35. The maximum Gasteiger partial charge on any atom is 0.407 e. The molecule has 0 saturated carbocycles. The summed E-state index contributed by atoms with van der Waals surface area (Å²) in [6, 6.07) is 2.63. The molecule has 1 aliphatic heterocycles. The van der Waals surface area contributed by atoms with E-state index in [-0.39, 0.29) is 24.1 Å². The zero-order valence-electron chi connectivity index (χ0n) is 16.9. The molecule has 28 heavy (non-hydrogen) atoms. The molecule has 1 atom stereocenters. The summed E-state index contributed by atoms with van der Waals surface area (Å²) >= 11 is 0. The summed E-state index contributed by atoms with van der Waals surface area (Å²) in [6.07, 6.45) is 0.490. The number of nitrogens with zero attached hydrogens (tertiary/aromatic N) is 2. The van der Waals surface area contributed by atoms with Gasteiger partial charge in [-0.2, -0.15) is 0 Å². The summed E-state index contributed by atoms with van der Waals surface area (Å²) in [5, 5.41) is 14.1. The third kappa shape index (κ3) is 5.11. The summed E-state index contributed by atoms with van der Waals surface area (Å²) in [6.45, 7) is 7.45. The molecule has 2 amide bonds. The molecule has 2 rings (SSSR count). The van der Waals surface area contributed by atoms with Crippen LogP contribution in [-0.4, -0.2) is 42.2 Å². The van der Waals surface area contributed by atoms with Gasteiger partial charge in [-0.1, -0.05) is 0 Å². The summed E-state index contributed by atoms with van der Waals surface area (Å²) < 4.78 is 10.5. The fourth-order valence-corrected chi connectivity index (χ4v) is 3.13. The van der Waals surface area contributed by atoms with E-state index in [0.29, 0.717) is 36.4 Å². The SMILES string of the molecule is COc1ccc([N+](=O)[O-])c2c1CCN2C(=O)CC[C@@H](C)NC(=O)OC(C)(C)C. The first-order valence-corrected chi connectivity index (χ1v) is 9.17. The quantitative estimate of drug-likeness (QED) is 0.587. The number of nitro benzene ring substituents is 1. The number of nitro groups is 1. The highest BCUT2D eigenvalue weighted by Gasteiger charge is 2.34. The van der Waals surface area contributed by atoms with Gasteiger partial charge in [-0.25, -0.2) is 4.79 Å². The van der Waals surface area contributed by atoms with Crippen LogP contribution in [0.15, 0.2) is 12.1 Å². The largest absolute Gasteiger partial charge is 0.496 e. The zero-order valence-corrected chi connectivity index (χ0v) is 16.9. The van der Waals surface area contributed by atoms with Crippen LogP contribution in [-0.2, 0) is 16.0 Å². The highest BCUT2D eigenvalue weighted by atomic mass is 16.6. The van der Waals surface area contributed by atoms with E-state index in [0.717, 1.165) is 0 Å². The number of benzene rings is 1. The molecular formula is C19H27N3O6. The smallest absolute Gasteiger partial charge is 0.407 e. The van der Waals surface area contributed by atoms with Gasteiger partial charge in [-0.15, -0.1) is 0 Å². The summed E-state index contributed by atoms with van der Waals surface area (Å²) in [7, 11) is 1.50. The average molecular weight is 393 g/mol. The van der Waals surface area contributed by atoms with E-state index in [9.17, 15) is 19.7 Å². The topological polar surface area (TPSA) is 111 Å². The Kier molecular flexibility index (Phi) is 6.48. The van der Waals surface area contributed by atoms with Crippen LogP contribution in [0.1, 0.15) is 46.1 Å². The highest BCUT2D eigenvalue weighted by molar-refractivity contribution is 5.98. The Balaban J connectivity index is 2.04. The van der Waals surface area contributed by atoms with Crippen molar-refractivity contribution >= 4 is 23.4 Å². The number of methoxy groups -OCH3 is 1. The number of carbonyl (C=O) groups excluding carboxylic acids is 2. The van der Waals surface area contributed by atoms with Gasteiger partial charge in [0.05, 0.1) is 12.0 Å². The Labute approximate surface area is 164 Å². The monoisotopic (exact) mass is 393 g/mol. The van der Waals surface area contributed by atoms with Crippen LogP contribution in [0.2, 0.25) is 0 Å². The highest BCUT2D eigenvalue weighted by Crippen LogP contribution is 2.42. The van der Waals surface area contributed by atoms with Gasteiger partial charge in [0.25, 0.3) is 5.69 Å². The van der Waals surface area contributed by atoms with Crippen LogP contribution in [0, 0.1) is 10.1 Å². The lowest BCUT2D eigenvalue weighted by Gasteiger charge is -2.22. The summed E-state index contributed by atoms with van der Waals surface area (Å²) in [5.74, 6) is 0.309. The second-order valence-electron chi connectivity index (χ2n) is 7.75. The normalized spacial score (nSPS) is 14.2. The van der Waals surface area contributed by atoms with Crippen molar-refractivity contribution in [3.63, 3.8) is 0 Å². The van der Waals surface area contributed by atoms with Crippen molar-refractivity contribution in [2.45, 2.75) is 58.6 Å². The number of rotatable bonds is 6. The molecule has 0 radical (unpaired) electrons. The van der Waals surface area contributed by atoms with E-state index >= 15 is 0 Å². The number of hydrogen-bond acceptors (Lipinski definition) is 6. The van der Waals surface area contributed by atoms with Crippen molar-refractivity contribution < 1.29 is 24.0 Å². The predicted octanol–water partition coefficient (Wildman–Crippen LogP) is 3.19. The van der Waals surface area contributed by atoms with Crippen molar-refractivity contribution in [1.82, 2.24) is 5.32 Å². The molecule has 0 saturated heterocycles. The summed E-state index contributed by atoms with van der Waals surface area (Å²) in [4.78, 5) is 36.9. The minimum Gasteiger partial charge on any atom is -0.496 e. The van der Waals surface area contributed by atoms with Gasteiger partial charge in [0, 0.05) is 30.6 Å². The number of fused-ring (bicyclic) bond motifs is 1. The van der Waals surface area contributed by atoms with Gasteiger partial charge >= 0.3 is 6.09 Å². The van der Waals surface area contributed by atoms with Crippen molar-refractivity contribution in [1.29, 1.82) is 0 Å². The van der Waals surface area contributed by atoms with E-state index in [4.69, 9.17) is 9.47 Å².